The maximum atomic E-state index is 5.65. The largest absolute Gasteiger partial charge is 0.454 e. The number of nitrogens with zero attached hydrogens (tertiary/aromatic N) is 2. The second-order valence-electron chi connectivity index (χ2n) is 3.29. The number of ether oxygens (including phenoxy) is 1. The molecule has 2 aromatic rings. The Morgan fingerprint density at radius 1 is 1.44 bits per heavy atom. The van der Waals surface area contributed by atoms with Gasteiger partial charge in [0.2, 0.25) is 0 Å². The summed E-state index contributed by atoms with van der Waals surface area (Å²) >= 11 is 3.39. The zero-order valence-electron chi connectivity index (χ0n) is 8.85. The second kappa shape index (κ2) is 5.14. The van der Waals surface area contributed by atoms with Crippen molar-refractivity contribution < 1.29 is 4.74 Å². The van der Waals surface area contributed by atoms with Crippen LogP contribution in [0.25, 0.3) is 0 Å². The molecule has 0 spiro atoms. The monoisotopic (exact) mass is 281 g/mol. The molecule has 0 unspecified atom stereocenters. The molecule has 0 amide bonds. The number of benzene rings is 1. The molecule has 0 bridgehead atoms. The van der Waals surface area contributed by atoms with Crippen molar-refractivity contribution in [1.82, 2.24) is 15.1 Å². The van der Waals surface area contributed by atoms with Gasteiger partial charge in [-0.3, -0.25) is 4.68 Å². The lowest BCUT2D eigenvalue weighted by Crippen LogP contribution is -2.12. The van der Waals surface area contributed by atoms with Crippen molar-refractivity contribution in [1.29, 1.82) is 0 Å². The fourth-order valence-electron chi connectivity index (χ4n) is 1.31. The van der Waals surface area contributed by atoms with Gasteiger partial charge in [0.1, 0.15) is 5.75 Å². The summed E-state index contributed by atoms with van der Waals surface area (Å²) in [6.07, 6.45) is 3.54. The molecule has 0 saturated carbocycles. The van der Waals surface area contributed by atoms with Crippen LogP contribution in [0, 0.1) is 0 Å². The maximum Gasteiger partial charge on any atom is 0.165 e. The average molecular weight is 282 g/mol. The van der Waals surface area contributed by atoms with E-state index in [4.69, 9.17) is 4.74 Å². The fraction of sp³-hybridized carbons (Fsp3) is 0.182. The predicted octanol–water partition coefficient (Wildman–Crippen LogP) is 2.61. The first-order valence-electron chi connectivity index (χ1n) is 4.88. The van der Waals surface area contributed by atoms with Gasteiger partial charge in [-0.2, -0.15) is 5.10 Å². The molecule has 2 rings (SSSR count). The van der Waals surface area contributed by atoms with Crippen LogP contribution in [0.15, 0.2) is 41.1 Å². The van der Waals surface area contributed by atoms with Crippen LogP contribution in [0.2, 0.25) is 0 Å². The average Bonchev–Trinajstić information content (AvgIpc) is 2.66. The van der Waals surface area contributed by atoms with Crippen LogP contribution in [-0.4, -0.2) is 16.8 Å². The van der Waals surface area contributed by atoms with Crippen molar-refractivity contribution in [3.05, 3.63) is 41.1 Å². The van der Waals surface area contributed by atoms with Crippen LogP contribution in [0.3, 0.4) is 0 Å². The zero-order valence-corrected chi connectivity index (χ0v) is 10.4. The lowest BCUT2D eigenvalue weighted by atomic mass is 10.3. The molecular formula is C11H12BrN3O. The summed E-state index contributed by atoms with van der Waals surface area (Å²) in [7, 11) is 1.87. The van der Waals surface area contributed by atoms with Gasteiger partial charge in [0, 0.05) is 4.47 Å². The molecule has 4 nitrogen and oxygen atoms in total. The number of rotatable bonds is 4. The summed E-state index contributed by atoms with van der Waals surface area (Å²) < 4.78 is 8.41. The predicted molar refractivity (Wildman–Crippen MR) is 65.5 cm³/mol. The van der Waals surface area contributed by atoms with Gasteiger partial charge >= 0.3 is 0 Å². The van der Waals surface area contributed by atoms with Crippen molar-refractivity contribution in [2.24, 2.45) is 0 Å². The maximum absolute atomic E-state index is 5.65. The summed E-state index contributed by atoms with van der Waals surface area (Å²) in [5.41, 5.74) is 0. The first-order chi connectivity index (χ1) is 7.78. The third-order valence-electron chi connectivity index (χ3n) is 1.96. The topological polar surface area (TPSA) is 39.1 Å². The summed E-state index contributed by atoms with van der Waals surface area (Å²) in [6.45, 7) is 0.668. The summed E-state index contributed by atoms with van der Waals surface area (Å²) in [5.74, 6) is 1.52. The van der Waals surface area contributed by atoms with E-state index in [2.05, 4.69) is 26.3 Å². The summed E-state index contributed by atoms with van der Waals surface area (Å²) in [6, 6.07) is 7.70. The van der Waals surface area contributed by atoms with Gasteiger partial charge in [0.05, 0.1) is 19.1 Å². The molecular weight excluding hydrogens is 270 g/mol. The van der Waals surface area contributed by atoms with Crippen LogP contribution in [0.1, 0.15) is 0 Å². The van der Waals surface area contributed by atoms with Gasteiger partial charge in [-0.1, -0.05) is 22.0 Å². The Morgan fingerprint density at radius 2 is 2.31 bits per heavy atom. The summed E-state index contributed by atoms with van der Waals surface area (Å²) in [4.78, 5) is 0. The highest BCUT2D eigenvalue weighted by Crippen LogP contribution is 2.23. The van der Waals surface area contributed by atoms with Crippen molar-refractivity contribution in [3.63, 3.8) is 0 Å². The van der Waals surface area contributed by atoms with Crippen LogP contribution in [0.4, 0.5) is 0 Å². The Morgan fingerprint density at radius 3 is 3.06 bits per heavy atom. The highest BCUT2D eigenvalue weighted by molar-refractivity contribution is 9.10. The van der Waals surface area contributed by atoms with E-state index >= 15 is 0 Å². The lowest BCUT2D eigenvalue weighted by molar-refractivity contribution is 0.479. The molecule has 5 heteroatoms. The highest BCUT2D eigenvalue weighted by Gasteiger charge is 2.01. The molecule has 0 radical (unpaired) electrons. The van der Waals surface area contributed by atoms with E-state index in [1.165, 1.54) is 0 Å². The van der Waals surface area contributed by atoms with E-state index in [1.807, 2.05) is 37.5 Å². The molecule has 84 valence electrons. The van der Waals surface area contributed by atoms with E-state index in [9.17, 15) is 0 Å². The summed E-state index contributed by atoms with van der Waals surface area (Å²) in [5, 5.41) is 7.15. The van der Waals surface area contributed by atoms with E-state index in [1.54, 1.807) is 10.9 Å². The van der Waals surface area contributed by atoms with Gasteiger partial charge in [0.15, 0.2) is 5.75 Å². The zero-order chi connectivity index (χ0) is 11.4. The molecule has 1 aromatic carbocycles. The first kappa shape index (κ1) is 11.2. The molecule has 1 N–H and O–H groups in total. The number of hydrogen-bond donors (Lipinski definition) is 1. The van der Waals surface area contributed by atoms with Gasteiger partial charge in [-0.05, 0) is 25.2 Å². The SMILES string of the molecule is CNCn1cc(Oc2cccc(Br)c2)cn1. The standard InChI is InChI=1S/C11H12BrN3O/c1-13-8-15-7-11(6-14-15)16-10-4-2-3-9(12)5-10/h2-7,13H,8H2,1H3. The molecule has 0 saturated heterocycles. The number of nitrogens with one attached hydrogen (secondary N) is 1. The third-order valence-corrected chi connectivity index (χ3v) is 2.45. The van der Waals surface area contributed by atoms with Gasteiger partial charge in [-0.15, -0.1) is 0 Å². The Balaban J connectivity index is 2.08. The van der Waals surface area contributed by atoms with Crippen LogP contribution < -0.4 is 10.1 Å². The van der Waals surface area contributed by atoms with Crippen molar-refractivity contribution in [3.8, 4) is 11.5 Å². The minimum Gasteiger partial charge on any atom is -0.454 e. The van der Waals surface area contributed by atoms with E-state index in [-0.39, 0.29) is 0 Å². The molecule has 0 atom stereocenters. The van der Waals surface area contributed by atoms with Crippen LogP contribution in [-0.2, 0) is 6.67 Å². The molecule has 0 aliphatic heterocycles. The van der Waals surface area contributed by atoms with Gasteiger partial charge in [-0.25, -0.2) is 0 Å². The second-order valence-corrected chi connectivity index (χ2v) is 4.20. The van der Waals surface area contributed by atoms with Crippen molar-refractivity contribution in [2.45, 2.75) is 6.67 Å². The minimum atomic E-state index is 0.668. The number of halogens is 1. The van der Waals surface area contributed by atoms with Crippen LogP contribution >= 0.6 is 15.9 Å². The molecule has 1 aromatic heterocycles. The molecule has 0 aliphatic carbocycles. The third kappa shape index (κ3) is 2.84. The molecule has 1 heterocycles. The number of hydrogen-bond acceptors (Lipinski definition) is 3. The Kier molecular flexibility index (Phi) is 3.58. The fourth-order valence-corrected chi connectivity index (χ4v) is 1.69. The van der Waals surface area contributed by atoms with E-state index in [0.717, 1.165) is 16.0 Å². The minimum absolute atomic E-state index is 0.668. The van der Waals surface area contributed by atoms with Gasteiger partial charge < -0.3 is 10.1 Å². The van der Waals surface area contributed by atoms with E-state index in [0.29, 0.717) is 6.67 Å². The Hall–Kier alpha value is -1.33. The van der Waals surface area contributed by atoms with Gasteiger partial charge in [0.25, 0.3) is 0 Å². The van der Waals surface area contributed by atoms with E-state index < -0.39 is 0 Å². The molecule has 0 fully saturated rings. The number of aromatic nitrogens is 2. The Labute approximate surface area is 102 Å². The molecule has 0 aliphatic rings. The highest BCUT2D eigenvalue weighted by atomic mass is 79.9. The van der Waals surface area contributed by atoms with Crippen LogP contribution in [0.5, 0.6) is 11.5 Å². The normalized spacial score (nSPS) is 10.4. The Bertz CT molecular complexity index is 470. The first-order valence-corrected chi connectivity index (χ1v) is 5.68. The lowest BCUT2D eigenvalue weighted by Gasteiger charge is -2.02. The smallest absolute Gasteiger partial charge is 0.165 e. The quantitative estimate of drug-likeness (QED) is 0.937. The van der Waals surface area contributed by atoms with Crippen molar-refractivity contribution >= 4 is 15.9 Å². The molecule has 16 heavy (non-hydrogen) atoms. The van der Waals surface area contributed by atoms with Crippen molar-refractivity contribution in [2.75, 3.05) is 7.05 Å².